The Balaban J connectivity index is 0.000000251. The van der Waals surface area contributed by atoms with Gasteiger partial charge in [-0.2, -0.15) is 9.99 Å². The summed E-state index contributed by atoms with van der Waals surface area (Å²) >= 11 is 2.53. The average Bonchev–Trinajstić information content (AvgIpc) is 1.74. The fourth-order valence-corrected chi connectivity index (χ4v) is 13.4. The van der Waals surface area contributed by atoms with E-state index in [4.69, 9.17) is 42.1 Å². The molecule has 470 valence electrons. The number of aryl methyl sites for hydroxylation is 3. The van der Waals surface area contributed by atoms with E-state index in [1.807, 2.05) is 91.9 Å². The number of carbonyl (C=O) groups is 3. The van der Waals surface area contributed by atoms with Gasteiger partial charge in [0, 0.05) is 22.9 Å². The number of H-pyrrole nitrogens is 2. The molecule has 3 aromatic carbocycles. The van der Waals surface area contributed by atoms with Crippen molar-refractivity contribution in [1.29, 1.82) is 0 Å². The van der Waals surface area contributed by atoms with Gasteiger partial charge >= 0.3 is 11.9 Å². The molecule has 0 saturated heterocycles. The molecule has 4 atom stereocenters. The summed E-state index contributed by atoms with van der Waals surface area (Å²) in [4.78, 5) is 63.8. The molecular formula is C69H89N9O8S2. The quantitative estimate of drug-likeness (QED) is 0.00712. The van der Waals surface area contributed by atoms with Crippen LogP contribution in [0.1, 0.15) is 188 Å². The maximum absolute atomic E-state index is 13.8. The van der Waals surface area contributed by atoms with Gasteiger partial charge in [0.05, 0.1) is 31.4 Å². The summed E-state index contributed by atoms with van der Waals surface area (Å²) in [6.45, 7) is 41.4. The van der Waals surface area contributed by atoms with Gasteiger partial charge in [0.1, 0.15) is 39.5 Å². The highest BCUT2D eigenvalue weighted by Crippen LogP contribution is 2.45. The number of hydrogen-bond donors (Lipinski definition) is 3. The molecule has 1 saturated carbocycles. The van der Waals surface area contributed by atoms with Gasteiger partial charge in [0.25, 0.3) is 5.91 Å². The normalized spacial score (nSPS) is 16.2. The topological polar surface area (TPSA) is 184 Å². The number of unbranched alkanes of at least 4 members (excludes halogenated alkanes) is 8. The number of esters is 2. The Kier molecular flexibility index (Phi) is 26.1. The second kappa shape index (κ2) is 33.8. The van der Waals surface area contributed by atoms with Gasteiger partial charge in [-0.1, -0.05) is 184 Å². The number of nitrogens with zero attached hydrogens (tertiary/aromatic N) is 6. The van der Waals surface area contributed by atoms with Crippen LogP contribution in [0, 0.1) is 57.6 Å². The van der Waals surface area contributed by atoms with Crippen LogP contribution in [-0.2, 0) is 24.0 Å². The summed E-state index contributed by atoms with van der Waals surface area (Å²) < 4.78 is 21.3. The Morgan fingerprint density at radius 2 is 1.45 bits per heavy atom. The SMILES string of the molecule is [C-]#[N+]c1c(C(=O)OC2C(C)CC(C)CC2C)c2nc(C(C)CNC(=O)COc3ccc(C)cc3C)[nH]n2c1SC(=C)OOCC.[C-]#[N+]c1c(C(=O)OCC(CCCCCC)CCCCCCCC)c2[nH]nc(-c3ccccc3)n2c1Sc1ccccc1C. The zero-order valence-corrected chi connectivity index (χ0v) is 54.7. The van der Waals surface area contributed by atoms with E-state index in [1.54, 1.807) is 11.4 Å². The highest BCUT2D eigenvalue weighted by atomic mass is 32.2. The number of amides is 1. The molecule has 7 aromatic rings. The van der Waals surface area contributed by atoms with E-state index < -0.39 is 11.9 Å². The molecular weight excluding hydrogens is 1150 g/mol. The van der Waals surface area contributed by atoms with Gasteiger partial charge in [-0.15, -0.1) is 0 Å². The molecule has 17 nitrogen and oxygen atoms in total. The third-order valence-corrected chi connectivity index (χ3v) is 18.2. The summed E-state index contributed by atoms with van der Waals surface area (Å²) in [7, 11) is 0. The van der Waals surface area contributed by atoms with Crippen LogP contribution in [0.2, 0.25) is 0 Å². The number of hydrogen-bond acceptors (Lipinski definition) is 12. The number of benzene rings is 3. The van der Waals surface area contributed by atoms with E-state index in [0.29, 0.717) is 63.8 Å². The number of carbonyl (C=O) groups excluding carboxylic acids is 3. The Morgan fingerprint density at radius 1 is 0.807 bits per heavy atom. The van der Waals surface area contributed by atoms with Crippen LogP contribution in [0.25, 0.3) is 32.4 Å². The van der Waals surface area contributed by atoms with Crippen molar-refractivity contribution in [2.75, 3.05) is 26.4 Å². The fourth-order valence-electron chi connectivity index (χ4n) is 11.6. The monoisotopic (exact) mass is 1240 g/mol. The first kappa shape index (κ1) is 68.0. The lowest BCUT2D eigenvalue weighted by atomic mass is 9.75. The number of fused-ring (bicyclic) bond motifs is 2. The number of nitrogens with one attached hydrogen (secondary N) is 3. The lowest BCUT2D eigenvalue weighted by molar-refractivity contribution is -0.248. The van der Waals surface area contributed by atoms with Gasteiger partial charge < -0.3 is 24.4 Å². The summed E-state index contributed by atoms with van der Waals surface area (Å²) in [6, 6.07) is 23.7. The van der Waals surface area contributed by atoms with Crippen LogP contribution < -0.4 is 10.1 Å². The van der Waals surface area contributed by atoms with Crippen LogP contribution in [-0.4, -0.2) is 79.5 Å². The fraction of sp³-hybridized carbons (Fsp3) is 0.493. The van der Waals surface area contributed by atoms with Crippen molar-refractivity contribution in [2.24, 2.45) is 23.7 Å². The Labute approximate surface area is 528 Å². The maximum Gasteiger partial charge on any atom is 0.331 e. The molecule has 3 N–H and O–H groups in total. The molecule has 1 fully saturated rings. The molecule has 4 heterocycles. The molecule has 0 aliphatic heterocycles. The average molecular weight is 1240 g/mol. The second-order valence-corrected chi connectivity index (χ2v) is 25.6. The van der Waals surface area contributed by atoms with E-state index in [1.165, 1.54) is 69.5 Å². The van der Waals surface area contributed by atoms with Crippen LogP contribution in [0.4, 0.5) is 11.4 Å². The molecule has 1 aliphatic rings. The molecule has 88 heavy (non-hydrogen) atoms. The number of thioether (sulfide) groups is 1. The molecule has 0 spiro atoms. The molecule has 4 unspecified atom stereocenters. The molecule has 4 aromatic heterocycles. The predicted molar refractivity (Wildman–Crippen MR) is 349 cm³/mol. The van der Waals surface area contributed by atoms with Crippen molar-refractivity contribution in [3.63, 3.8) is 0 Å². The predicted octanol–water partition coefficient (Wildman–Crippen LogP) is 17.7. The third kappa shape index (κ3) is 17.9. The van der Waals surface area contributed by atoms with Crippen LogP contribution in [0.15, 0.2) is 99.4 Å². The Morgan fingerprint density at radius 3 is 2.11 bits per heavy atom. The number of ether oxygens (including phenoxy) is 3. The van der Waals surface area contributed by atoms with Crippen molar-refractivity contribution in [1.82, 2.24) is 34.5 Å². The largest absolute Gasteiger partial charge is 0.484 e. The first-order valence-corrected chi connectivity index (χ1v) is 33.0. The number of aromatic nitrogens is 6. The lowest BCUT2D eigenvalue weighted by Crippen LogP contribution is -2.37. The van der Waals surface area contributed by atoms with Crippen molar-refractivity contribution in [2.45, 2.75) is 186 Å². The van der Waals surface area contributed by atoms with Gasteiger partial charge in [0.2, 0.25) is 11.4 Å². The molecule has 19 heteroatoms. The first-order chi connectivity index (χ1) is 42.5. The number of rotatable bonds is 31. The van der Waals surface area contributed by atoms with Gasteiger partial charge in [0.15, 0.2) is 23.2 Å². The van der Waals surface area contributed by atoms with Crippen molar-refractivity contribution in [3.05, 3.63) is 141 Å². The van der Waals surface area contributed by atoms with Crippen LogP contribution >= 0.6 is 23.5 Å². The summed E-state index contributed by atoms with van der Waals surface area (Å²) in [5, 5.41) is 15.0. The summed E-state index contributed by atoms with van der Waals surface area (Å²) in [6.07, 6.45) is 16.2. The summed E-state index contributed by atoms with van der Waals surface area (Å²) in [5.74, 6) is 1.51. The van der Waals surface area contributed by atoms with E-state index in [9.17, 15) is 14.4 Å². The van der Waals surface area contributed by atoms with Crippen LogP contribution in [0.5, 0.6) is 5.75 Å². The minimum Gasteiger partial charge on any atom is -0.484 e. The summed E-state index contributed by atoms with van der Waals surface area (Å²) in [5.41, 5.74) is 5.58. The zero-order valence-electron chi connectivity index (χ0n) is 53.1. The van der Waals surface area contributed by atoms with Gasteiger partial charge in [-0.3, -0.25) is 19.4 Å². The minimum atomic E-state index is -0.595. The van der Waals surface area contributed by atoms with Crippen molar-refractivity contribution < 1.29 is 38.4 Å². The van der Waals surface area contributed by atoms with Crippen LogP contribution in [0.3, 0.4) is 0 Å². The van der Waals surface area contributed by atoms with Gasteiger partial charge in [-0.05, 0) is 119 Å². The number of aromatic amines is 2. The smallest absolute Gasteiger partial charge is 0.331 e. The highest BCUT2D eigenvalue weighted by molar-refractivity contribution is 8.03. The van der Waals surface area contributed by atoms with Crippen molar-refractivity contribution >= 4 is 64.0 Å². The van der Waals surface area contributed by atoms with E-state index in [0.717, 1.165) is 71.0 Å². The molecule has 8 rings (SSSR count). The Bertz CT molecular complexity index is 3520. The molecule has 1 amide bonds. The Hall–Kier alpha value is -7.45. The first-order valence-electron chi connectivity index (χ1n) is 31.3. The minimum absolute atomic E-state index is 0.0790. The maximum atomic E-state index is 13.8. The van der Waals surface area contributed by atoms with E-state index in [-0.39, 0.29) is 70.5 Å². The van der Waals surface area contributed by atoms with E-state index in [2.05, 4.69) is 84.5 Å². The van der Waals surface area contributed by atoms with Crippen molar-refractivity contribution in [3.8, 4) is 17.1 Å². The molecule has 0 bridgehead atoms. The van der Waals surface area contributed by atoms with Gasteiger partial charge in [-0.25, -0.2) is 28.8 Å². The zero-order chi connectivity index (χ0) is 63.3. The third-order valence-electron chi connectivity index (χ3n) is 16.1. The lowest BCUT2D eigenvalue weighted by Gasteiger charge is -2.37. The molecule has 1 aliphatic carbocycles. The molecule has 0 radical (unpaired) electrons. The standard InChI is InChI=1S/C36H46N4O2S.C33H43N5O6S/c1-5-7-9-11-12-15-22-28(21-14-10-8-6-2)26-42-36(41)31-32(37-4)35(43-30-25-19-18-20-27(30)3)40-33(38-39-34(31)40)29-23-16-13-17-24-29;1-10-42-44-24(8)45-32-28(34-9)27(33(40)43-29-21(5)14-19(3)15-22(29)6)31-36-30(37-38(31)32)23(7)16-35-26(39)17-41-25-12-11-18(2)13-20(25)4/h13,16-20,23-25,28,39H,5-12,14-15,21-22,26H2,1-3H3;11-13,19,21-23,29H,8,10,14-17H2,1-7H3,(H,35,39)(H,36,37). The van der Waals surface area contributed by atoms with E-state index >= 15 is 0 Å². The second-order valence-electron chi connectivity index (χ2n) is 23.5. The highest BCUT2D eigenvalue weighted by Gasteiger charge is 2.38.